The van der Waals surface area contributed by atoms with Crippen molar-refractivity contribution in [2.45, 2.75) is 70.5 Å². The molecular weight excluding hydrogens is 264 g/mol. The van der Waals surface area contributed by atoms with Crippen LogP contribution in [-0.2, 0) is 14.3 Å². The molecule has 3 aliphatic rings. The molecule has 3 fully saturated rings. The van der Waals surface area contributed by atoms with Crippen LogP contribution in [0.2, 0.25) is 0 Å². The zero-order chi connectivity index (χ0) is 15.1. The van der Waals surface area contributed by atoms with E-state index in [4.69, 9.17) is 9.47 Å². The molecule has 0 amide bonds. The summed E-state index contributed by atoms with van der Waals surface area (Å²) in [5.41, 5.74) is -0.0879. The second kappa shape index (κ2) is 5.42. The number of carbonyl (C=O) groups is 1. The summed E-state index contributed by atoms with van der Waals surface area (Å²) in [4.78, 5) is 12.0. The van der Waals surface area contributed by atoms with Crippen molar-refractivity contribution in [1.82, 2.24) is 0 Å². The van der Waals surface area contributed by atoms with Crippen molar-refractivity contribution in [1.29, 1.82) is 0 Å². The highest BCUT2D eigenvalue weighted by atomic mass is 16.6. The minimum absolute atomic E-state index is 0.119. The molecule has 0 aromatic heterocycles. The SMILES string of the molecule is C=CC(=O)OC1(C(C)CCCC)C2CCCC23CCOC31. The zero-order valence-electron chi connectivity index (χ0n) is 13.4. The largest absolute Gasteiger partial charge is 0.453 e. The predicted octanol–water partition coefficient (Wildman–Crippen LogP) is 3.87. The van der Waals surface area contributed by atoms with Gasteiger partial charge in [-0.2, -0.15) is 0 Å². The number of hydrogen-bond acceptors (Lipinski definition) is 3. The van der Waals surface area contributed by atoms with Gasteiger partial charge < -0.3 is 9.47 Å². The summed E-state index contributed by atoms with van der Waals surface area (Å²) in [5.74, 6) is 0.572. The summed E-state index contributed by atoms with van der Waals surface area (Å²) in [6, 6.07) is 0. The number of carbonyl (C=O) groups excluding carboxylic acids is 1. The molecule has 0 N–H and O–H groups in total. The van der Waals surface area contributed by atoms with Crippen molar-refractivity contribution in [3.63, 3.8) is 0 Å². The van der Waals surface area contributed by atoms with Crippen molar-refractivity contribution in [3.05, 3.63) is 12.7 Å². The van der Waals surface area contributed by atoms with Gasteiger partial charge in [0.2, 0.25) is 0 Å². The van der Waals surface area contributed by atoms with Gasteiger partial charge in [-0.15, -0.1) is 0 Å². The van der Waals surface area contributed by atoms with Crippen LogP contribution in [0.4, 0.5) is 0 Å². The Kier molecular flexibility index (Phi) is 3.89. The number of rotatable bonds is 6. The molecule has 0 aromatic rings. The van der Waals surface area contributed by atoms with Gasteiger partial charge in [-0.1, -0.05) is 39.7 Å². The minimum atomic E-state index is -0.395. The Morgan fingerprint density at radius 1 is 1.52 bits per heavy atom. The Morgan fingerprint density at radius 3 is 3.05 bits per heavy atom. The molecule has 1 spiro atoms. The smallest absolute Gasteiger partial charge is 0.330 e. The highest BCUT2D eigenvalue weighted by molar-refractivity contribution is 5.82. The van der Waals surface area contributed by atoms with Crippen molar-refractivity contribution in [2.75, 3.05) is 6.61 Å². The first-order valence-electron chi connectivity index (χ1n) is 8.59. The van der Waals surface area contributed by atoms with Crippen LogP contribution in [0.5, 0.6) is 0 Å². The number of unbranched alkanes of at least 4 members (excludes halogenated alkanes) is 1. The fourth-order valence-electron chi connectivity index (χ4n) is 5.49. The van der Waals surface area contributed by atoms with Crippen LogP contribution < -0.4 is 0 Å². The predicted molar refractivity (Wildman–Crippen MR) is 81.8 cm³/mol. The van der Waals surface area contributed by atoms with Crippen LogP contribution in [0.1, 0.15) is 58.8 Å². The van der Waals surface area contributed by atoms with Gasteiger partial charge in [-0.25, -0.2) is 4.79 Å². The van der Waals surface area contributed by atoms with E-state index in [0.29, 0.717) is 17.3 Å². The van der Waals surface area contributed by atoms with Gasteiger partial charge in [0.15, 0.2) is 0 Å². The van der Waals surface area contributed by atoms with Crippen LogP contribution in [0.15, 0.2) is 12.7 Å². The Morgan fingerprint density at radius 2 is 2.33 bits per heavy atom. The molecule has 5 unspecified atom stereocenters. The van der Waals surface area contributed by atoms with E-state index >= 15 is 0 Å². The fraction of sp³-hybridized carbons (Fsp3) is 0.833. The Labute approximate surface area is 128 Å². The number of hydrogen-bond donors (Lipinski definition) is 0. The second-order valence-electron chi connectivity index (χ2n) is 7.20. The first kappa shape index (κ1) is 15.1. The van der Waals surface area contributed by atoms with Crippen molar-refractivity contribution >= 4 is 5.97 Å². The van der Waals surface area contributed by atoms with Crippen LogP contribution in [0, 0.1) is 17.3 Å². The second-order valence-corrected chi connectivity index (χ2v) is 7.20. The van der Waals surface area contributed by atoms with Crippen molar-refractivity contribution < 1.29 is 14.3 Å². The minimum Gasteiger partial charge on any atom is -0.453 e. The van der Waals surface area contributed by atoms with E-state index in [1.54, 1.807) is 0 Å². The molecule has 3 heteroatoms. The van der Waals surface area contributed by atoms with Crippen LogP contribution in [-0.4, -0.2) is 24.3 Å². The lowest BCUT2D eigenvalue weighted by Gasteiger charge is -2.63. The summed E-state index contributed by atoms with van der Waals surface area (Å²) >= 11 is 0. The Balaban J connectivity index is 1.90. The van der Waals surface area contributed by atoms with E-state index in [0.717, 1.165) is 19.4 Å². The Hall–Kier alpha value is -0.830. The first-order chi connectivity index (χ1) is 10.1. The topological polar surface area (TPSA) is 35.5 Å². The number of esters is 1. The lowest BCUT2D eigenvalue weighted by atomic mass is 9.46. The molecule has 0 radical (unpaired) electrons. The molecule has 0 bridgehead atoms. The van der Waals surface area contributed by atoms with Crippen molar-refractivity contribution in [3.8, 4) is 0 Å². The van der Waals surface area contributed by atoms with Gasteiger partial charge in [0.1, 0.15) is 11.7 Å². The molecule has 1 saturated heterocycles. The van der Waals surface area contributed by atoms with E-state index in [1.165, 1.54) is 38.2 Å². The lowest BCUT2D eigenvalue weighted by Crippen LogP contribution is -2.73. The molecule has 2 saturated carbocycles. The summed E-state index contributed by atoms with van der Waals surface area (Å²) < 4.78 is 12.1. The first-order valence-corrected chi connectivity index (χ1v) is 8.59. The maximum Gasteiger partial charge on any atom is 0.330 e. The fourth-order valence-corrected chi connectivity index (χ4v) is 5.49. The summed E-state index contributed by atoms with van der Waals surface area (Å²) in [7, 11) is 0. The number of ether oxygens (including phenoxy) is 2. The molecule has 1 aliphatic heterocycles. The monoisotopic (exact) mass is 292 g/mol. The van der Waals surface area contributed by atoms with Gasteiger partial charge >= 0.3 is 5.97 Å². The zero-order valence-corrected chi connectivity index (χ0v) is 13.4. The quantitative estimate of drug-likeness (QED) is 0.550. The van der Waals surface area contributed by atoms with Gasteiger partial charge in [0.05, 0.1) is 0 Å². The normalized spacial score (nSPS) is 41.8. The van der Waals surface area contributed by atoms with Crippen LogP contribution in [0.3, 0.4) is 0 Å². The molecule has 2 aliphatic carbocycles. The maximum absolute atomic E-state index is 12.0. The maximum atomic E-state index is 12.0. The summed E-state index contributed by atoms with van der Waals surface area (Å²) in [5, 5.41) is 0. The third kappa shape index (κ3) is 1.93. The lowest BCUT2D eigenvalue weighted by molar-refractivity contribution is -0.284. The average Bonchev–Trinajstić information content (AvgIpc) is 3.06. The highest BCUT2D eigenvalue weighted by Crippen LogP contribution is 2.71. The molecule has 3 nitrogen and oxygen atoms in total. The highest BCUT2D eigenvalue weighted by Gasteiger charge is 2.77. The summed E-state index contributed by atoms with van der Waals surface area (Å²) in [6.07, 6.45) is 9.71. The third-order valence-electron chi connectivity index (χ3n) is 6.36. The van der Waals surface area contributed by atoms with E-state index in [1.807, 2.05) is 0 Å². The molecule has 21 heavy (non-hydrogen) atoms. The van der Waals surface area contributed by atoms with Crippen LogP contribution >= 0.6 is 0 Å². The molecule has 1 heterocycles. The van der Waals surface area contributed by atoms with Gasteiger partial charge in [0, 0.05) is 24.0 Å². The average molecular weight is 292 g/mol. The van der Waals surface area contributed by atoms with E-state index in [2.05, 4.69) is 20.4 Å². The van der Waals surface area contributed by atoms with E-state index in [9.17, 15) is 4.79 Å². The molecular formula is C18H28O3. The van der Waals surface area contributed by atoms with E-state index < -0.39 is 5.60 Å². The summed E-state index contributed by atoms with van der Waals surface area (Å²) in [6.45, 7) is 8.86. The van der Waals surface area contributed by atoms with E-state index in [-0.39, 0.29) is 12.1 Å². The van der Waals surface area contributed by atoms with Crippen molar-refractivity contribution in [2.24, 2.45) is 17.3 Å². The van der Waals surface area contributed by atoms with Gasteiger partial charge in [0.25, 0.3) is 0 Å². The van der Waals surface area contributed by atoms with Crippen LogP contribution in [0.25, 0.3) is 0 Å². The Bertz CT molecular complexity index is 408. The molecule has 0 aromatic carbocycles. The van der Waals surface area contributed by atoms with Gasteiger partial charge in [-0.05, 0) is 31.6 Å². The molecule has 5 atom stereocenters. The molecule has 3 rings (SSSR count). The standard InChI is InChI=1S/C18H28O3/c1-4-6-8-13(3)18(21-15(19)5-2)14-9-7-10-17(14)11-12-20-16(17)18/h5,13-14,16H,2,4,6-12H2,1,3H3. The molecule has 118 valence electrons. The third-order valence-corrected chi connectivity index (χ3v) is 6.36. The van der Waals surface area contributed by atoms with Gasteiger partial charge in [-0.3, -0.25) is 0 Å².